The maximum Gasteiger partial charge on any atom is 0.416 e. The van der Waals surface area contributed by atoms with Crippen molar-refractivity contribution in [1.82, 2.24) is 4.90 Å². The van der Waals surface area contributed by atoms with Gasteiger partial charge in [-0.2, -0.15) is 13.2 Å². The first kappa shape index (κ1) is 24.1. The van der Waals surface area contributed by atoms with Crippen LogP contribution in [0.4, 0.5) is 18.9 Å². The molecule has 34 heavy (non-hydrogen) atoms. The second-order valence-corrected chi connectivity index (χ2v) is 9.31. The number of nitrogens with zero attached hydrogens (tertiary/aromatic N) is 3. The Bertz CT molecular complexity index is 1010. The van der Waals surface area contributed by atoms with Crippen molar-refractivity contribution >= 4 is 17.3 Å². The molecule has 1 amide bonds. The smallest absolute Gasteiger partial charge is 0.390 e. The Morgan fingerprint density at radius 2 is 1.68 bits per heavy atom. The summed E-state index contributed by atoms with van der Waals surface area (Å²) in [4.78, 5) is 22.7. The molecule has 1 atom stereocenters. The van der Waals surface area contributed by atoms with Gasteiger partial charge in [0.05, 0.1) is 17.8 Å². The van der Waals surface area contributed by atoms with E-state index in [0.717, 1.165) is 54.8 Å². The third-order valence-corrected chi connectivity index (χ3v) is 6.54. The fourth-order valence-corrected chi connectivity index (χ4v) is 4.58. The largest absolute Gasteiger partial charge is 0.416 e. The zero-order valence-electron chi connectivity index (χ0n) is 19.5. The van der Waals surface area contributed by atoms with Crippen molar-refractivity contribution < 1.29 is 22.8 Å². The molecule has 0 spiro atoms. The highest BCUT2D eigenvalue weighted by atomic mass is 19.4. The molecular formula is C26H30F3N3O2. The van der Waals surface area contributed by atoms with Gasteiger partial charge in [0, 0.05) is 38.7 Å². The van der Waals surface area contributed by atoms with Crippen LogP contribution < -0.4 is 4.90 Å². The van der Waals surface area contributed by atoms with E-state index in [4.69, 9.17) is 4.84 Å². The molecule has 0 unspecified atom stereocenters. The van der Waals surface area contributed by atoms with Crippen LogP contribution in [0.25, 0.3) is 0 Å². The zero-order valence-corrected chi connectivity index (χ0v) is 19.5. The van der Waals surface area contributed by atoms with Gasteiger partial charge in [-0.3, -0.25) is 4.79 Å². The number of hydrogen-bond donors (Lipinski definition) is 0. The molecule has 0 aromatic heterocycles. The summed E-state index contributed by atoms with van der Waals surface area (Å²) < 4.78 is 38.8. The van der Waals surface area contributed by atoms with Gasteiger partial charge in [-0.25, -0.2) is 0 Å². The van der Waals surface area contributed by atoms with Crippen LogP contribution in [0.5, 0.6) is 0 Å². The summed E-state index contributed by atoms with van der Waals surface area (Å²) in [6, 6.07) is 13.1. The van der Waals surface area contributed by atoms with Gasteiger partial charge in [0.2, 0.25) is 5.91 Å². The summed E-state index contributed by atoms with van der Waals surface area (Å²) in [6.07, 6.45) is -0.330. The number of carbonyl (C=O) groups is 1. The topological polar surface area (TPSA) is 45.1 Å². The number of alkyl halides is 3. The Labute approximate surface area is 198 Å². The number of benzene rings is 2. The number of rotatable bonds is 7. The molecule has 0 radical (unpaired) electrons. The van der Waals surface area contributed by atoms with Crippen LogP contribution in [0.1, 0.15) is 48.8 Å². The molecule has 0 N–H and O–H groups in total. The lowest BCUT2D eigenvalue weighted by Gasteiger charge is -2.27. The monoisotopic (exact) mass is 473 g/mol. The Kier molecular flexibility index (Phi) is 7.14. The van der Waals surface area contributed by atoms with E-state index >= 15 is 0 Å². The minimum absolute atomic E-state index is 0.0326. The molecule has 182 valence electrons. The SMILES string of the molecule is CN(C)c1ccc(C2=NO[C@@H](CN(Cc3ccc(C(F)(F)F)cc3)C(=O)C3CCCC3)C2)cc1. The van der Waals surface area contributed by atoms with E-state index < -0.39 is 11.7 Å². The first-order valence-corrected chi connectivity index (χ1v) is 11.7. The van der Waals surface area contributed by atoms with E-state index in [0.29, 0.717) is 18.5 Å². The molecule has 0 saturated heterocycles. The fourth-order valence-electron chi connectivity index (χ4n) is 4.58. The standard InChI is InChI=1S/C26H30F3N3O2/c1-31(2)22-13-9-19(10-14-22)24-15-23(34-30-24)17-32(25(33)20-5-3-4-6-20)16-18-7-11-21(12-8-18)26(27,28)29/h7-14,20,23H,3-6,15-17H2,1-2H3/t23-/m1/s1. The summed E-state index contributed by atoms with van der Waals surface area (Å²) in [5.74, 6) is 0.0135. The first-order valence-electron chi connectivity index (χ1n) is 11.7. The number of amides is 1. The summed E-state index contributed by atoms with van der Waals surface area (Å²) in [6.45, 7) is 0.597. The Morgan fingerprint density at radius 3 is 2.26 bits per heavy atom. The van der Waals surface area contributed by atoms with Crippen molar-refractivity contribution in [2.24, 2.45) is 11.1 Å². The number of hydrogen-bond acceptors (Lipinski definition) is 4. The molecule has 0 bridgehead atoms. The first-order chi connectivity index (χ1) is 16.2. The molecule has 1 aliphatic carbocycles. The summed E-state index contributed by atoms with van der Waals surface area (Å²) in [7, 11) is 3.96. The molecule has 5 nitrogen and oxygen atoms in total. The highest BCUT2D eigenvalue weighted by Crippen LogP contribution is 2.31. The molecule has 2 aromatic rings. The number of anilines is 1. The summed E-state index contributed by atoms with van der Waals surface area (Å²) in [5.41, 5.74) is 2.87. The Balaban J connectivity index is 1.44. The van der Waals surface area contributed by atoms with Crippen LogP contribution in [0.15, 0.2) is 53.7 Å². The molecular weight excluding hydrogens is 443 g/mol. The third kappa shape index (κ3) is 5.72. The zero-order chi connectivity index (χ0) is 24.3. The van der Waals surface area contributed by atoms with Crippen molar-refractivity contribution in [3.8, 4) is 0 Å². The van der Waals surface area contributed by atoms with Crippen LogP contribution in [-0.2, 0) is 22.4 Å². The molecule has 8 heteroatoms. The van der Waals surface area contributed by atoms with Crippen molar-refractivity contribution in [2.45, 2.75) is 50.9 Å². The van der Waals surface area contributed by atoms with Gasteiger partial charge in [0.25, 0.3) is 0 Å². The maximum absolute atomic E-state index is 13.3. The van der Waals surface area contributed by atoms with Crippen molar-refractivity contribution in [1.29, 1.82) is 0 Å². The molecule has 1 fully saturated rings. The highest BCUT2D eigenvalue weighted by Gasteiger charge is 2.33. The van der Waals surface area contributed by atoms with E-state index in [-0.39, 0.29) is 24.5 Å². The molecule has 2 aromatic carbocycles. The van der Waals surface area contributed by atoms with Gasteiger partial charge in [-0.15, -0.1) is 0 Å². The van der Waals surface area contributed by atoms with Gasteiger partial charge >= 0.3 is 6.18 Å². The molecule has 4 rings (SSSR count). The van der Waals surface area contributed by atoms with Gasteiger partial charge in [-0.05, 0) is 48.2 Å². The van der Waals surface area contributed by atoms with E-state index in [2.05, 4.69) is 5.16 Å². The maximum atomic E-state index is 13.3. The Morgan fingerprint density at radius 1 is 1.03 bits per heavy atom. The number of carbonyl (C=O) groups excluding carboxylic acids is 1. The average Bonchev–Trinajstić information content (AvgIpc) is 3.51. The van der Waals surface area contributed by atoms with Crippen LogP contribution in [0, 0.1) is 5.92 Å². The van der Waals surface area contributed by atoms with Crippen LogP contribution >= 0.6 is 0 Å². The van der Waals surface area contributed by atoms with Crippen molar-refractivity contribution in [2.75, 3.05) is 25.5 Å². The molecule has 1 aliphatic heterocycles. The quantitative estimate of drug-likeness (QED) is 0.535. The van der Waals surface area contributed by atoms with Crippen LogP contribution in [-0.4, -0.2) is 43.3 Å². The molecule has 2 aliphatic rings. The average molecular weight is 474 g/mol. The van der Waals surface area contributed by atoms with Crippen LogP contribution in [0.3, 0.4) is 0 Å². The second-order valence-electron chi connectivity index (χ2n) is 9.31. The van der Waals surface area contributed by atoms with Gasteiger partial charge in [0.15, 0.2) is 6.10 Å². The second kappa shape index (κ2) is 10.1. The fraction of sp³-hybridized carbons (Fsp3) is 0.462. The lowest BCUT2D eigenvalue weighted by Crippen LogP contribution is -2.40. The van der Waals surface area contributed by atoms with E-state index in [1.54, 1.807) is 4.90 Å². The molecule has 1 saturated carbocycles. The normalized spacial score (nSPS) is 18.5. The lowest BCUT2D eigenvalue weighted by molar-refractivity contribution is -0.138. The van der Waals surface area contributed by atoms with Crippen molar-refractivity contribution in [3.05, 3.63) is 65.2 Å². The predicted molar refractivity (Wildman–Crippen MR) is 126 cm³/mol. The minimum atomic E-state index is -4.38. The third-order valence-electron chi connectivity index (χ3n) is 6.54. The van der Waals surface area contributed by atoms with Crippen LogP contribution in [0.2, 0.25) is 0 Å². The van der Waals surface area contributed by atoms with E-state index in [9.17, 15) is 18.0 Å². The van der Waals surface area contributed by atoms with Gasteiger partial charge < -0.3 is 14.6 Å². The highest BCUT2D eigenvalue weighted by molar-refractivity contribution is 6.01. The Hall–Kier alpha value is -3.03. The van der Waals surface area contributed by atoms with Crippen molar-refractivity contribution in [3.63, 3.8) is 0 Å². The minimum Gasteiger partial charge on any atom is -0.390 e. The summed E-state index contributed by atoms with van der Waals surface area (Å²) in [5, 5.41) is 4.26. The molecule has 1 heterocycles. The summed E-state index contributed by atoms with van der Waals surface area (Å²) >= 11 is 0. The van der Waals surface area contributed by atoms with E-state index in [1.165, 1.54) is 12.1 Å². The number of halogens is 3. The van der Waals surface area contributed by atoms with Gasteiger partial charge in [-0.1, -0.05) is 42.3 Å². The lowest BCUT2D eigenvalue weighted by atomic mass is 10.0. The number of oxime groups is 1. The van der Waals surface area contributed by atoms with Gasteiger partial charge in [0.1, 0.15) is 0 Å². The predicted octanol–water partition coefficient (Wildman–Crippen LogP) is 5.48. The van der Waals surface area contributed by atoms with E-state index in [1.807, 2.05) is 43.3 Å².